The van der Waals surface area contributed by atoms with Gasteiger partial charge in [0.25, 0.3) is 11.6 Å². The SMILES string of the molecule is CCN1CCC(Nc2ccc3c(c2)C(=C(c2ccc([N+](=O)[O-])cc2)c2nc4ccccc4[nH]2)C(=O)N3)CC1. The first kappa shape index (κ1) is 23.9. The van der Waals surface area contributed by atoms with Gasteiger partial charge in [0.15, 0.2) is 0 Å². The summed E-state index contributed by atoms with van der Waals surface area (Å²) in [5.41, 5.74) is 5.81. The fourth-order valence-corrected chi connectivity index (χ4v) is 5.35. The Bertz CT molecular complexity index is 1530. The van der Waals surface area contributed by atoms with Gasteiger partial charge in [-0.2, -0.15) is 0 Å². The molecule has 3 aromatic carbocycles. The van der Waals surface area contributed by atoms with E-state index in [1.807, 2.05) is 42.5 Å². The number of rotatable bonds is 6. The Morgan fingerprint density at radius 2 is 1.87 bits per heavy atom. The molecule has 3 heterocycles. The number of carbonyl (C=O) groups excluding carboxylic acids is 1. The maximum absolute atomic E-state index is 13.4. The van der Waals surface area contributed by atoms with Gasteiger partial charge in [0.05, 0.1) is 21.5 Å². The number of benzene rings is 3. The zero-order valence-electron chi connectivity index (χ0n) is 21.0. The molecule has 3 N–H and O–H groups in total. The highest BCUT2D eigenvalue weighted by Crippen LogP contribution is 2.41. The number of piperidine rings is 1. The molecular formula is C29H28N6O3. The normalized spacial score (nSPS) is 17.3. The number of carbonyl (C=O) groups is 1. The van der Waals surface area contributed by atoms with Crippen LogP contribution >= 0.6 is 0 Å². The molecule has 0 radical (unpaired) electrons. The van der Waals surface area contributed by atoms with Gasteiger partial charge in [-0.25, -0.2) is 4.98 Å². The highest BCUT2D eigenvalue weighted by atomic mass is 16.6. The van der Waals surface area contributed by atoms with Gasteiger partial charge in [-0.15, -0.1) is 0 Å². The minimum absolute atomic E-state index is 0.0143. The molecule has 1 aromatic heterocycles. The van der Waals surface area contributed by atoms with Crippen LogP contribution in [0.15, 0.2) is 66.7 Å². The molecule has 9 nitrogen and oxygen atoms in total. The minimum atomic E-state index is -0.432. The molecule has 2 aliphatic heterocycles. The second-order valence-electron chi connectivity index (χ2n) is 9.72. The summed E-state index contributed by atoms with van der Waals surface area (Å²) >= 11 is 0. The van der Waals surface area contributed by atoms with Gasteiger partial charge < -0.3 is 20.5 Å². The second-order valence-corrected chi connectivity index (χ2v) is 9.72. The van der Waals surface area contributed by atoms with E-state index in [1.165, 1.54) is 12.1 Å². The number of nitrogens with zero attached hydrogens (tertiary/aromatic N) is 3. The molecule has 38 heavy (non-hydrogen) atoms. The smallest absolute Gasteiger partial charge is 0.269 e. The standard InChI is InChI=1S/C29H28N6O3/c1-2-34-15-13-19(14-16-34)30-20-9-12-23-22(17-20)27(29(36)33-23)26(18-7-10-21(11-8-18)35(37)38)28-31-24-5-3-4-6-25(24)32-28/h3-12,17,19,30H,2,13-16H2,1H3,(H,31,32)(H,33,36). The number of imidazole rings is 1. The van der Waals surface area contributed by atoms with Crippen LogP contribution in [0.25, 0.3) is 22.2 Å². The molecule has 192 valence electrons. The summed E-state index contributed by atoms with van der Waals surface area (Å²) in [6.07, 6.45) is 2.13. The van der Waals surface area contributed by atoms with Crippen molar-refractivity contribution in [1.29, 1.82) is 0 Å². The van der Waals surface area contributed by atoms with Gasteiger partial charge in [-0.3, -0.25) is 14.9 Å². The highest BCUT2D eigenvalue weighted by Gasteiger charge is 2.31. The fourth-order valence-electron chi connectivity index (χ4n) is 5.35. The van der Waals surface area contributed by atoms with Crippen LogP contribution in [0, 0.1) is 10.1 Å². The topological polar surface area (TPSA) is 116 Å². The fraction of sp³-hybridized carbons (Fsp3) is 0.241. The number of anilines is 2. The maximum Gasteiger partial charge on any atom is 0.269 e. The Morgan fingerprint density at radius 1 is 1.11 bits per heavy atom. The first-order chi connectivity index (χ1) is 18.5. The van der Waals surface area contributed by atoms with E-state index in [4.69, 9.17) is 4.98 Å². The molecule has 6 rings (SSSR count). The number of para-hydroxylation sites is 2. The third-order valence-corrected chi connectivity index (χ3v) is 7.41. The van der Waals surface area contributed by atoms with Crippen molar-refractivity contribution < 1.29 is 9.72 Å². The largest absolute Gasteiger partial charge is 0.382 e. The molecule has 0 aliphatic carbocycles. The van der Waals surface area contributed by atoms with E-state index in [0.29, 0.717) is 28.6 Å². The van der Waals surface area contributed by atoms with Gasteiger partial charge in [-0.1, -0.05) is 19.1 Å². The predicted molar refractivity (Wildman–Crippen MR) is 149 cm³/mol. The zero-order valence-corrected chi connectivity index (χ0v) is 21.0. The number of H-pyrrole nitrogens is 1. The molecule has 0 atom stereocenters. The van der Waals surface area contributed by atoms with E-state index < -0.39 is 4.92 Å². The van der Waals surface area contributed by atoms with Gasteiger partial charge in [0.1, 0.15) is 5.82 Å². The Labute approximate surface area is 219 Å². The molecule has 1 fully saturated rings. The summed E-state index contributed by atoms with van der Waals surface area (Å²) in [5, 5.41) is 17.9. The number of likely N-dealkylation sites (tertiary alicyclic amines) is 1. The minimum Gasteiger partial charge on any atom is -0.382 e. The summed E-state index contributed by atoms with van der Waals surface area (Å²) in [5.74, 6) is 0.297. The van der Waals surface area contributed by atoms with Crippen molar-refractivity contribution in [3.8, 4) is 0 Å². The predicted octanol–water partition coefficient (Wildman–Crippen LogP) is 5.28. The van der Waals surface area contributed by atoms with E-state index in [-0.39, 0.29) is 11.6 Å². The summed E-state index contributed by atoms with van der Waals surface area (Å²) < 4.78 is 0. The number of hydrogen-bond donors (Lipinski definition) is 3. The van der Waals surface area contributed by atoms with Crippen LogP contribution < -0.4 is 10.6 Å². The zero-order chi connectivity index (χ0) is 26.2. The van der Waals surface area contributed by atoms with Crippen molar-refractivity contribution in [1.82, 2.24) is 14.9 Å². The molecule has 0 saturated carbocycles. The van der Waals surface area contributed by atoms with E-state index in [0.717, 1.165) is 60.4 Å². The van der Waals surface area contributed by atoms with Crippen molar-refractivity contribution in [2.75, 3.05) is 30.3 Å². The van der Waals surface area contributed by atoms with Crippen molar-refractivity contribution in [3.05, 3.63) is 93.8 Å². The third-order valence-electron chi connectivity index (χ3n) is 7.41. The Kier molecular flexibility index (Phi) is 6.13. The third kappa shape index (κ3) is 4.41. The van der Waals surface area contributed by atoms with Gasteiger partial charge in [0.2, 0.25) is 0 Å². The average molecular weight is 509 g/mol. The Morgan fingerprint density at radius 3 is 2.58 bits per heavy atom. The van der Waals surface area contributed by atoms with E-state index >= 15 is 0 Å². The quantitative estimate of drug-likeness (QED) is 0.185. The number of nitro groups is 1. The number of nitro benzene ring substituents is 1. The summed E-state index contributed by atoms with van der Waals surface area (Å²) in [4.78, 5) is 34.9. The molecule has 0 unspecified atom stereocenters. The molecule has 2 aliphatic rings. The van der Waals surface area contributed by atoms with Crippen molar-refractivity contribution in [2.24, 2.45) is 0 Å². The van der Waals surface area contributed by atoms with Gasteiger partial charge in [0, 0.05) is 53.8 Å². The first-order valence-corrected chi connectivity index (χ1v) is 12.9. The number of amides is 1. The lowest BCUT2D eigenvalue weighted by atomic mass is 9.94. The second kappa shape index (κ2) is 9.75. The van der Waals surface area contributed by atoms with Gasteiger partial charge in [-0.05, 0) is 67.4 Å². The van der Waals surface area contributed by atoms with E-state index in [9.17, 15) is 14.9 Å². The van der Waals surface area contributed by atoms with Crippen molar-refractivity contribution in [2.45, 2.75) is 25.8 Å². The van der Waals surface area contributed by atoms with Crippen LogP contribution in [0.4, 0.5) is 17.1 Å². The highest BCUT2D eigenvalue weighted by molar-refractivity contribution is 6.38. The molecule has 1 amide bonds. The number of aromatic amines is 1. The number of aromatic nitrogens is 2. The summed E-state index contributed by atoms with van der Waals surface area (Å²) in [6.45, 7) is 5.40. The molecule has 4 aromatic rings. The molecular weight excluding hydrogens is 480 g/mol. The average Bonchev–Trinajstić information content (AvgIpc) is 3.50. The lowest BCUT2D eigenvalue weighted by Crippen LogP contribution is -2.38. The number of hydrogen-bond acceptors (Lipinski definition) is 6. The van der Waals surface area contributed by atoms with Crippen LogP contribution in [0.2, 0.25) is 0 Å². The molecule has 0 bridgehead atoms. The van der Waals surface area contributed by atoms with Crippen LogP contribution in [0.1, 0.15) is 36.7 Å². The van der Waals surface area contributed by atoms with Crippen LogP contribution in [0.3, 0.4) is 0 Å². The van der Waals surface area contributed by atoms with Crippen molar-refractivity contribution in [3.63, 3.8) is 0 Å². The number of non-ortho nitro benzene ring substituents is 1. The lowest BCUT2D eigenvalue weighted by molar-refractivity contribution is -0.384. The Balaban J connectivity index is 1.46. The summed E-state index contributed by atoms with van der Waals surface area (Å²) in [6, 6.07) is 20.2. The maximum atomic E-state index is 13.4. The molecule has 1 saturated heterocycles. The van der Waals surface area contributed by atoms with Gasteiger partial charge >= 0.3 is 0 Å². The Hall–Kier alpha value is -4.50. The lowest BCUT2D eigenvalue weighted by Gasteiger charge is -2.32. The monoisotopic (exact) mass is 508 g/mol. The van der Waals surface area contributed by atoms with Crippen molar-refractivity contribution >= 4 is 45.1 Å². The number of fused-ring (bicyclic) bond motifs is 2. The number of nitrogens with one attached hydrogen (secondary N) is 3. The van der Waals surface area contributed by atoms with E-state index in [2.05, 4.69) is 27.4 Å². The summed E-state index contributed by atoms with van der Waals surface area (Å²) in [7, 11) is 0. The first-order valence-electron chi connectivity index (χ1n) is 12.9. The van der Waals surface area contributed by atoms with Crippen LogP contribution in [-0.4, -0.2) is 51.4 Å². The van der Waals surface area contributed by atoms with E-state index in [1.54, 1.807) is 12.1 Å². The van der Waals surface area contributed by atoms with Crippen LogP contribution in [-0.2, 0) is 4.79 Å². The molecule has 9 heteroatoms. The van der Waals surface area contributed by atoms with Crippen LogP contribution in [0.5, 0.6) is 0 Å². The molecule has 0 spiro atoms.